The van der Waals surface area contributed by atoms with Gasteiger partial charge in [0.2, 0.25) is 0 Å². The van der Waals surface area contributed by atoms with Crippen LogP contribution in [0.1, 0.15) is 11.6 Å². The smallest absolute Gasteiger partial charge is 0.407 e. The standard InChI is InChI=1S/C12H16N2O4S/c1-13-19(3,17)8-4-5-9-10(14(2)12(15)16)7-18-11(9)6-8/h4-6,10H,7H2,1-3H3,(H,15,16)/t10-,19?/m1/s1. The molecule has 1 aromatic carbocycles. The molecule has 0 aromatic heterocycles. The molecule has 1 N–H and O–H groups in total. The lowest BCUT2D eigenvalue weighted by molar-refractivity contribution is 0.129. The fourth-order valence-corrected chi connectivity index (χ4v) is 2.83. The van der Waals surface area contributed by atoms with Crippen molar-refractivity contribution in [2.45, 2.75) is 10.9 Å². The van der Waals surface area contributed by atoms with Crippen LogP contribution in [0, 0.1) is 0 Å². The van der Waals surface area contributed by atoms with E-state index < -0.39 is 15.8 Å². The highest BCUT2D eigenvalue weighted by atomic mass is 32.2. The molecule has 0 fully saturated rings. The maximum absolute atomic E-state index is 12.2. The first-order chi connectivity index (χ1) is 8.86. The van der Waals surface area contributed by atoms with E-state index in [-0.39, 0.29) is 12.6 Å². The maximum Gasteiger partial charge on any atom is 0.407 e. The summed E-state index contributed by atoms with van der Waals surface area (Å²) < 4.78 is 21.5. The van der Waals surface area contributed by atoms with Crippen LogP contribution in [0.5, 0.6) is 5.75 Å². The number of hydrogen-bond acceptors (Lipinski definition) is 4. The van der Waals surface area contributed by atoms with E-state index in [0.29, 0.717) is 10.6 Å². The van der Waals surface area contributed by atoms with E-state index in [1.807, 2.05) is 0 Å². The number of carboxylic acid groups (broad SMARTS) is 1. The van der Waals surface area contributed by atoms with Gasteiger partial charge in [0.05, 0.1) is 20.7 Å². The highest BCUT2D eigenvalue weighted by Crippen LogP contribution is 2.37. The predicted octanol–water partition coefficient (Wildman–Crippen LogP) is 1.82. The second-order valence-electron chi connectivity index (χ2n) is 4.41. The minimum Gasteiger partial charge on any atom is -0.491 e. The third-order valence-electron chi connectivity index (χ3n) is 3.30. The van der Waals surface area contributed by atoms with Crippen LogP contribution in [-0.4, -0.2) is 47.3 Å². The number of rotatable bonds is 2. The van der Waals surface area contributed by atoms with Gasteiger partial charge in [-0.1, -0.05) is 6.07 Å². The van der Waals surface area contributed by atoms with Gasteiger partial charge in [-0.25, -0.2) is 13.4 Å². The average Bonchev–Trinajstić information content (AvgIpc) is 2.80. The summed E-state index contributed by atoms with van der Waals surface area (Å²) in [6, 6.07) is 4.83. The van der Waals surface area contributed by atoms with E-state index in [2.05, 4.69) is 4.36 Å². The first kappa shape index (κ1) is 13.7. The van der Waals surface area contributed by atoms with Crippen LogP contribution < -0.4 is 4.74 Å². The molecule has 1 amide bonds. The summed E-state index contributed by atoms with van der Waals surface area (Å²) in [5.74, 6) is 0.578. The number of hydrogen-bond donors (Lipinski definition) is 1. The molecule has 0 bridgehead atoms. The Kier molecular flexibility index (Phi) is 3.40. The number of nitrogens with zero attached hydrogens (tertiary/aromatic N) is 2. The fraction of sp³-hybridized carbons (Fsp3) is 0.417. The van der Waals surface area contributed by atoms with Crippen molar-refractivity contribution in [1.82, 2.24) is 4.90 Å². The van der Waals surface area contributed by atoms with Crippen LogP contribution in [-0.2, 0) is 9.73 Å². The molecule has 1 aromatic rings. The number of carbonyl (C=O) groups is 1. The van der Waals surface area contributed by atoms with E-state index in [1.54, 1.807) is 24.5 Å². The Labute approximate surface area is 112 Å². The van der Waals surface area contributed by atoms with Gasteiger partial charge in [-0.15, -0.1) is 0 Å². The van der Waals surface area contributed by atoms with E-state index >= 15 is 0 Å². The van der Waals surface area contributed by atoms with Gasteiger partial charge in [0.15, 0.2) is 0 Å². The van der Waals surface area contributed by atoms with Crippen molar-refractivity contribution >= 4 is 15.8 Å². The molecule has 0 aliphatic carbocycles. The summed E-state index contributed by atoms with van der Waals surface area (Å²) in [6.45, 7) is 0.274. The monoisotopic (exact) mass is 284 g/mol. The van der Waals surface area contributed by atoms with E-state index in [4.69, 9.17) is 9.84 Å². The molecule has 0 radical (unpaired) electrons. The first-order valence-electron chi connectivity index (χ1n) is 5.69. The Morgan fingerprint density at radius 3 is 2.84 bits per heavy atom. The van der Waals surface area contributed by atoms with E-state index in [1.165, 1.54) is 19.0 Å². The molecule has 6 nitrogen and oxygen atoms in total. The van der Waals surface area contributed by atoms with Gasteiger partial charge in [0, 0.05) is 25.9 Å². The van der Waals surface area contributed by atoms with Gasteiger partial charge in [0.1, 0.15) is 12.4 Å². The first-order valence-corrected chi connectivity index (χ1v) is 7.62. The Morgan fingerprint density at radius 2 is 2.26 bits per heavy atom. The lowest BCUT2D eigenvalue weighted by atomic mass is 10.1. The number of ether oxygens (including phenoxy) is 1. The van der Waals surface area contributed by atoms with Gasteiger partial charge in [-0.2, -0.15) is 0 Å². The molecule has 2 rings (SSSR count). The Bertz CT molecular complexity index is 635. The van der Waals surface area contributed by atoms with Crippen LogP contribution >= 0.6 is 0 Å². The number of likely N-dealkylation sites (N-methyl/N-ethyl adjacent to an activating group) is 1. The lowest BCUT2D eigenvalue weighted by Crippen LogP contribution is -2.30. The second-order valence-corrected chi connectivity index (χ2v) is 6.85. The van der Waals surface area contributed by atoms with Crippen molar-refractivity contribution < 1.29 is 18.8 Å². The molecule has 7 heteroatoms. The molecule has 104 valence electrons. The SMILES string of the molecule is CN=S(C)(=O)c1ccc2c(c1)OC[C@H]2N(C)C(=O)O. The fourth-order valence-electron chi connectivity index (χ4n) is 1.97. The molecule has 1 aliphatic heterocycles. The topological polar surface area (TPSA) is 79.2 Å². The van der Waals surface area contributed by atoms with Gasteiger partial charge in [0.25, 0.3) is 0 Å². The van der Waals surface area contributed by atoms with Crippen LogP contribution in [0.4, 0.5) is 4.79 Å². The second kappa shape index (κ2) is 4.73. The Morgan fingerprint density at radius 1 is 1.58 bits per heavy atom. The molecule has 2 atom stereocenters. The van der Waals surface area contributed by atoms with Crippen molar-refractivity contribution in [1.29, 1.82) is 0 Å². The molecule has 0 saturated heterocycles. The average molecular weight is 284 g/mol. The van der Waals surface area contributed by atoms with Gasteiger partial charge >= 0.3 is 6.09 Å². The highest BCUT2D eigenvalue weighted by molar-refractivity contribution is 7.93. The van der Waals surface area contributed by atoms with Crippen LogP contribution in [0.15, 0.2) is 27.5 Å². The Balaban J connectivity index is 2.41. The van der Waals surface area contributed by atoms with Crippen molar-refractivity contribution in [3.63, 3.8) is 0 Å². The van der Waals surface area contributed by atoms with Crippen molar-refractivity contribution in [2.75, 3.05) is 27.0 Å². The molecular formula is C12H16N2O4S. The van der Waals surface area contributed by atoms with Crippen LogP contribution in [0.2, 0.25) is 0 Å². The number of benzene rings is 1. The summed E-state index contributed by atoms with van der Waals surface area (Å²) in [5.41, 5.74) is 0.792. The third-order valence-corrected chi connectivity index (χ3v) is 5.12. The zero-order valence-corrected chi connectivity index (χ0v) is 11.8. The van der Waals surface area contributed by atoms with Crippen LogP contribution in [0.3, 0.4) is 0 Å². The molecule has 0 saturated carbocycles. The lowest BCUT2D eigenvalue weighted by Gasteiger charge is -2.19. The zero-order chi connectivity index (χ0) is 14.2. The van der Waals surface area contributed by atoms with Crippen molar-refractivity contribution in [2.24, 2.45) is 4.36 Å². The summed E-state index contributed by atoms with van der Waals surface area (Å²) in [6.07, 6.45) is 0.554. The summed E-state index contributed by atoms with van der Waals surface area (Å²) in [5, 5.41) is 9.00. The minimum absolute atomic E-state index is 0.274. The molecule has 1 heterocycles. The maximum atomic E-state index is 12.2. The van der Waals surface area contributed by atoms with Crippen LogP contribution in [0.25, 0.3) is 0 Å². The number of amides is 1. The third kappa shape index (κ3) is 2.37. The van der Waals surface area contributed by atoms with E-state index in [9.17, 15) is 9.00 Å². The van der Waals surface area contributed by atoms with Gasteiger partial charge in [-0.3, -0.25) is 0 Å². The van der Waals surface area contributed by atoms with Crippen molar-refractivity contribution in [3.05, 3.63) is 23.8 Å². The normalized spacial score (nSPS) is 20.1. The summed E-state index contributed by atoms with van der Waals surface area (Å²) in [7, 11) is 0.606. The molecule has 0 spiro atoms. The predicted molar refractivity (Wildman–Crippen MR) is 71.2 cm³/mol. The zero-order valence-electron chi connectivity index (χ0n) is 11.0. The quantitative estimate of drug-likeness (QED) is 0.898. The summed E-state index contributed by atoms with van der Waals surface area (Å²) >= 11 is 0. The molecular weight excluding hydrogens is 268 g/mol. The summed E-state index contributed by atoms with van der Waals surface area (Å²) in [4.78, 5) is 12.8. The molecule has 1 aliphatic rings. The van der Waals surface area contributed by atoms with E-state index in [0.717, 1.165) is 5.56 Å². The number of fused-ring (bicyclic) bond motifs is 1. The van der Waals surface area contributed by atoms with Gasteiger partial charge < -0.3 is 14.7 Å². The molecule has 19 heavy (non-hydrogen) atoms. The largest absolute Gasteiger partial charge is 0.491 e. The molecule has 1 unspecified atom stereocenters. The minimum atomic E-state index is -2.41. The van der Waals surface area contributed by atoms with Gasteiger partial charge in [-0.05, 0) is 12.1 Å². The highest BCUT2D eigenvalue weighted by Gasteiger charge is 2.30. The Hall–Kier alpha value is -1.76. The van der Waals surface area contributed by atoms with Crippen molar-refractivity contribution in [3.8, 4) is 5.75 Å².